The SMILES string of the molecule is COc1cc([C@@H]2CC[C@@H](c3cc(OC)c(OC)c(OC)c3)O2)cc(I)c1OCCSc1ccc(Cl)cc1. The maximum atomic E-state index is 6.49. The summed E-state index contributed by atoms with van der Waals surface area (Å²) in [6.07, 6.45) is 1.63. The number of hydrogen-bond donors (Lipinski definition) is 0. The first-order valence-corrected chi connectivity index (χ1v) is 14.3. The van der Waals surface area contributed by atoms with Gasteiger partial charge in [0.25, 0.3) is 0 Å². The molecule has 37 heavy (non-hydrogen) atoms. The van der Waals surface area contributed by atoms with E-state index in [4.69, 9.17) is 40.0 Å². The number of methoxy groups -OCH3 is 4. The first kappa shape index (κ1) is 28.0. The van der Waals surface area contributed by atoms with E-state index in [1.54, 1.807) is 40.2 Å². The Hall–Kier alpha value is -2.01. The third kappa shape index (κ3) is 6.71. The van der Waals surface area contributed by atoms with Crippen molar-refractivity contribution in [3.8, 4) is 28.7 Å². The van der Waals surface area contributed by atoms with Crippen molar-refractivity contribution in [2.45, 2.75) is 29.9 Å². The van der Waals surface area contributed by atoms with Crippen molar-refractivity contribution in [1.29, 1.82) is 0 Å². The molecule has 2 atom stereocenters. The Morgan fingerprint density at radius 3 is 1.89 bits per heavy atom. The topological polar surface area (TPSA) is 55.4 Å². The lowest BCUT2D eigenvalue weighted by Gasteiger charge is -2.19. The molecule has 0 aromatic heterocycles. The number of ether oxygens (including phenoxy) is 6. The van der Waals surface area contributed by atoms with Gasteiger partial charge in [0, 0.05) is 15.7 Å². The van der Waals surface area contributed by atoms with Crippen LogP contribution in [0.15, 0.2) is 53.4 Å². The van der Waals surface area contributed by atoms with Crippen LogP contribution in [-0.2, 0) is 4.74 Å². The fourth-order valence-electron chi connectivity index (χ4n) is 4.31. The van der Waals surface area contributed by atoms with Crippen molar-refractivity contribution >= 4 is 46.0 Å². The van der Waals surface area contributed by atoms with E-state index in [1.807, 2.05) is 42.5 Å². The lowest BCUT2D eigenvalue weighted by molar-refractivity contribution is 0.0436. The summed E-state index contributed by atoms with van der Waals surface area (Å²) in [5.41, 5.74) is 2.07. The Morgan fingerprint density at radius 2 is 1.35 bits per heavy atom. The molecule has 1 aliphatic rings. The van der Waals surface area contributed by atoms with Crippen molar-refractivity contribution in [3.05, 3.63) is 68.3 Å². The zero-order valence-corrected chi connectivity index (χ0v) is 24.9. The summed E-state index contributed by atoms with van der Waals surface area (Å²) in [5, 5.41) is 0.737. The molecule has 3 aromatic carbocycles. The summed E-state index contributed by atoms with van der Waals surface area (Å²) in [4.78, 5) is 1.16. The summed E-state index contributed by atoms with van der Waals surface area (Å²) < 4.78 is 35.8. The summed E-state index contributed by atoms with van der Waals surface area (Å²) in [7, 11) is 6.50. The highest BCUT2D eigenvalue weighted by atomic mass is 127. The Labute approximate surface area is 241 Å². The molecule has 0 saturated carbocycles. The zero-order valence-electron chi connectivity index (χ0n) is 21.2. The lowest BCUT2D eigenvalue weighted by atomic mass is 10.0. The standard InChI is InChI=1S/C28H30ClIO6S/c1-31-24-14-17(13-21(30)27(24)35-11-12-37-20-7-5-19(29)6-8-20)22-9-10-23(36-22)18-15-25(32-2)28(34-4)26(16-18)33-3/h5-8,13-16,22-23H,9-12H2,1-4H3/t22-,23-/m0/s1. The zero-order chi connectivity index (χ0) is 26.4. The maximum Gasteiger partial charge on any atom is 0.203 e. The van der Waals surface area contributed by atoms with Crippen LogP contribution in [0.2, 0.25) is 5.02 Å². The molecule has 0 spiro atoms. The summed E-state index contributed by atoms with van der Waals surface area (Å²) in [5.74, 6) is 4.09. The Morgan fingerprint density at radius 1 is 0.811 bits per heavy atom. The molecule has 9 heteroatoms. The number of hydrogen-bond acceptors (Lipinski definition) is 7. The number of benzene rings is 3. The molecule has 0 radical (unpaired) electrons. The van der Waals surface area contributed by atoms with Crippen molar-refractivity contribution in [1.82, 2.24) is 0 Å². The minimum absolute atomic E-state index is 0.0546. The second-order valence-corrected chi connectivity index (χ2v) is 11.1. The number of thioether (sulfide) groups is 1. The van der Waals surface area contributed by atoms with Crippen molar-refractivity contribution in [3.63, 3.8) is 0 Å². The van der Waals surface area contributed by atoms with Gasteiger partial charge in [0.1, 0.15) is 0 Å². The highest BCUT2D eigenvalue weighted by Crippen LogP contribution is 2.47. The van der Waals surface area contributed by atoms with E-state index in [9.17, 15) is 0 Å². The van der Waals surface area contributed by atoms with Gasteiger partial charge in [0.15, 0.2) is 23.0 Å². The molecule has 1 fully saturated rings. The Balaban J connectivity index is 1.43. The fraction of sp³-hybridized carbons (Fsp3) is 0.357. The van der Waals surface area contributed by atoms with Gasteiger partial charge in [-0.25, -0.2) is 0 Å². The van der Waals surface area contributed by atoms with Crippen LogP contribution >= 0.6 is 46.0 Å². The molecule has 1 heterocycles. The second-order valence-electron chi connectivity index (χ2n) is 8.33. The predicted octanol–water partition coefficient (Wildman–Crippen LogP) is 7.74. The van der Waals surface area contributed by atoms with E-state index in [-0.39, 0.29) is 12.2 Å². The van der Waals surface area contributed by atoms with E-state index in [0.717, 1.165) is 49.0 Å². The van der Waals surface area contributed by atoms with Gasteiger partial charge in [-0.3, -0.25) is 0 Å². The summed E-state index contributed by atoms with van der Waals surface area (Å²) >= 11 is 9.99. The van der Waals surface area contributed by atoms with Gasteiger partial charge in [-0.15, -0.1) is 11.8 Å². The van der Waals surface area contributed by atoms with Crippen molar-refractivity contribution in [2.24, 2.45) is 0 Å². The smallest absolute Gasteiger partial charge is 0.203 e. The van der Waals surface area contributed by atoms with E-state index in [1.165, 1.54) is 0 Å². The van der Waals surface area contributed by atoms with Gasteiger partial charge < -0.3 is 28.4 Å². The second kappa shape index (κ2) is 13.2. The molecular weight excluding hydrogens is 627 g/mol. The molecule has 0 unspecified atom stereocenters. The van der Waals surface area contributed by atoms with E-state index >= 15 is 0 Å². The Bertz CT molecular complexity index is 1180. The van der Waals surface area contributed by atoms with Crippen molar-refractivity contribution < 1.29 is 28.4 Å². The number of rotatable bonds is 11. The van der Waals surface area contributed by atoms with E-state index in [2.05, 4.69) is 28.7 Å². The molecule has 6 nitrogen and oxygen atoms in total. The molecule has 0 aliphatic carbocycles. The molecular formula is C28H30ClIO6S. The van der Waals surface area contributed by atoms with Crippen LogP contribution in [-0.4, -0.2) is 40.8 Å². The average molecular weight is 657 g/mol. The fourth-order valence-corrected chi connectivity index (χ4v) is 5.95. The van der Waals surface area contributed by atoms with Gasteiger partial charge in [-0.05, 0) is 95.1 Å². The molecule has 0 N–H and O–H groups in total. The highest BCUT2D eigenvalue weighted by molar-refractivity contribution is 14.1. The molecule has 1 aliphatic heterocycles. The highest BCUT2D eigenvalue weighted by Gasteiger charge is 2.30. The van der Waals surface area contributed by atoms with Gasteiger partial charge >= 0.3 is 0 Å². The predicted molar refractivity (Wildman–Crippen MR) is 155 cm³/mol. The first-order chi connectivity index (χ1) is 18.0. The largest absolute Gasteiger partial charge is 0.493 e. The third-order valence-electron chi connectivity index (χ3n) is 6.11. The minimum Gasteiger partial charge on any atom is -0.493 e. The van der Waals surface area contributed by atoms with Gasteiger partial charge in [0.2, 0.25) is 5.75 Å². The molecule has 4 rings (SSSR count). The van der Waals surface area contributed by atoms with Crippen LogP contribution in [0.3, 0.4) is 0 Å². The lowest BCUT2D eigenvalue weighted by Crippen LogP contribution is -2.06. The van der Waals surface area contributed by atoms with Crippen LogP contribution < -0.4 is 23.7 Å². The normalized spacial score (nSPS) is 16.9. The van der Waals surface area contributed by atoms with Crippen LogP contribution in [0, 0.1) is 3.57 Å². The first-order valence-electron chi connectivity index (χ1n) is 11.8. The third-order valence-corrected chi connectivity index (χ3v) is 8.14. The number of halogens is 2. The molecule has 198 valence electrons. The van der Waals surface area contributed by atoms with Crippen LogP contribution in [0.25, 0.3) is 0 Å². The summed E-state index contributed by atoms with van der Waals surface area (Å²) in [6.45, 7) is 0.558. The van der Waals surface area contributed by atoms with Gasteiger partial charge in [-0.1, -0.05) is 11.6 Å². The minimum atomic E-state index is -0.0804. The molecule has 0 amide bonds. The van der Waals surface area contributed by atoms with Crippen LogP contribution in [0.4, 0.5) is 0 Å². The molecule has 1 saturated heterocycles. The molecule has 3 aromatic rings. The van der Waals surface area contributed by atoms with E-state index < -0.39 is 0 Å². The van der Waals surface area contributed by atoms with E-state index in [0.29, 0.717) is 29.6 Å². The van der Waals surface area contributed by atoms with Gasteiger partial charge in [0.05, 0.1) is 50.8 Å². The van der Waals surface area contributed by atoms with Crippen molar-refractivity contribution in [2.75, 3.05) is 40.8 Å². The quantitative estimate of drug-likeness (QED) is 0.119. The summed E-state index contributed by atoms with van der Waals surface area (Å²) in [6, 6.07) is 15.9. The Kier molecular flexibility index (Phi) is 9.97. The maximum absolute atomic E-state index is 6.49. The van der Waals surface area contributed by atoms with Crippen LogP contribution in [0.5, 0.6) is 28.7 Å². The average Bonchev–Trinajstić information content (AvgIpc) is 3.42. The molecule has 0 bridgehead atoms. The monoisotopic (exact) mass is 656 g/mol. The van der Waals surface area contributed by atoms with Gasteiger partial charge in [-0.2, -0.15) is 0 Å². The van der Waals surface area contributed by atoms with Crippen LogP contribution in [0.1, 0.15) is 36.2 Å².